The fourth-order valence-corrected chi connectivity index (χ4v) is 4.98. The average molecular weight is 317 g/mol. The third-order valence-corrected chi connectivity index (χ3v) is 5.54. The minimum atomic E-state index is -0.0664. The molecule has 5 nitrogen and oxygen atoms in total. The van der Waals surface area contributed by atoms with Gasteiger partial charge in [0.15, 0.2) is 0 Å². The number of carbonyl (C=O) groups is 1. The van der Waals surface area contributed by atoms with E-state index in [1.807, 2.05) is 4.90 Å². The number of hydrogen-bond donors (Lipinski definition) is 1. The lowest BCUT2D eigenvalue weighted by Gasteiger charge is -2.57. The Morgan fingerprint density at radius 3 is 2.83 bits per heavy atom. The molecule has 2 heterocycles. The minimum Gasteiger partial charge on any atom is -0.392 e. The molecule has 23 heavy (non-hydrogen) atoms. The summed E-state index contributed by atoms with van der Waals surface area (Å²) in [5.41, 5.74) is 1.69. The zero-order valence-corrected chi connectivity index (χ0v) is 14.5. The monoisotopic (exact) mass is 317 g/mol. The summed E-state index contributed by atoms with van der Waals surface area (Å²) in [5.74, 6) is 0.533. The predicted molar refractivity (Wildman–Crippen MR) is 88.9 cm³/mol. The van der Waals surface area contributed by atoms with Gasteiger partial charge in [-0.15, -0.1) is 0 Å². The van der Waals surface area contributed by atoms with Crippen molar-refractivity contribution in [3.05, 3.63) is 29.6 Å². The average Bonchev–Trinajstić information content (AvgIpc) is 2.80. The zero-order valence-electron chi connectivity index (χ0n) is 14.5. The molecule has 2 aliphatic rings. The van der Waals surface area contributed by atoms with Crippen molar-refractivity contribution in [2.24, 2.45) is 16.7 Å². The number of aromatic nitrogens is 1. The Morgan fingerprint density at radius 2 is 2.22 bits per heavy atom. The molecule has 1 amide bonds. The van der Waals surface area contributed by atoms with Gasteiger partial charge >= 0.3 is 0 Å². The normalized spacial score (nSPS) is 28.6. The number of pyridine rings is 1. The highest BCUT2D eigenvalue weighted by Crippen LogP contribution is 2.62. The van der Waals surface area contributed by atoms with Crippen molar-refractivity contribution in [1.29, 1.82) is 0 Å². The van der Waals surface area contributed by atoms with Crippen LogP contribution in [0.2, 0.25) is 0 Å². The van der Waals surface area contributed by atoms with E-state index in [1.54, 1.807) is 18.3 Å². The van der Waals surface area contributed by atoms with Crippen LogP contribution in [0.1, 0.15) is 36.3 Å². The number of likely N-dealkylation sites (tertiary alicyclic amines) is 1. The van der Waals surface area contributed by atoms with Crippen LogP contribution in [0.5, 0.6) is 0 Å². The number of fused-ring (bicyclic) bond motifs is 1. The zero-order chi connectivity index (χ0) is 16.8. The Balaban J connectivity index is 1.81. The molecule has 126 valence electrons. The Hall–Kier alpha value is -1.46. The van der Waals surface area contributed by atoms with Gasteiger partial charge in [0.1, 0.15) is 5.69 Å². The number of nitrogens with zero attached hydrogens (tertiary/aromatic N) is 3. The molecule has 1 aliphatic carbocycles. The summed E-state index contributed by atoms with van der Waals surface area (Å²) in [6.07, 6.45) is 2.76. The maximum Gasteiger partial charge on any atom is 0.272 e. The van der Waals surface area contributed by atoms with E-state index in [0.717, 1.165) is 31.6 Å². The minimum absolute atomic E-state index is 0.0105. The van der Waals surface area contributed by atoms with Gasteiger partial charge in [-0.2, -0.15) is 0 Å². The van der Waals surface area contributed by atoms with E-state index in [2.05, 4.69) is 37.8 Å². The molecule has 0 bridgehead atoms. The van der Waals surface area contributed by atoms with Gasteiger partial charge in [-0.25, -0.2) is 0 Å². The second-order valence-electron chi connectivity index (χ2n) is 8.21. The van der Waals surface area contributed by atoms with Crippen LogP contribution in [-0.2, 0) is 6.61 Å². The van der Waals surface area contributed by atoms with Gasteiger partial charge in [0, 0.05) is 31.2 Å². The van der Waals surface area contributed by atoms with Gasteiger partial charge in [-0.3, -0.25) is 9.78 Å². The Morgan fingerprint density at radius 1 is 1.48 bits per heavy atom. The van der Waals surface area contributed by atoms with Gasteiger partial charge in [0.05, 0.1) is 6.61 Å². The molecule has 1 saturated carbocycles. The number of hydrogen-bond acceptors (Lipinski definition) is 4. The third kappa shape index (κ3) is 2.76. The molecule has 0 radical (unpaired) electrons. The first-order valence-electron chi connectivity index (χ1n) is 8.27. The van der Waals surface area contributed by atoms with Crippen LogP contribution in [-0.4, -0.2) is 59.5 Å². The molecule has 0 aromatic carbocycles. The second kappa shape index (κ2) is 5.56. The molecule has 2 atom stereocenters. The van der Waals surface area contributed by atoms with E-state index >= 15 is 0 Å². The molecule has 1 aliphatic heterocycles. The molecule has 1 aromatic heterocycles. The largest absolute Gasteiger partial charge is 0.392 e. The first-order chi connectivity index (χ1) is 10.8. The van der Waals surface area contributed by atoms with E-state index in [9.17, 15) is 9.90 Å². The van der Waals surface area contributed by atoms with Crippen LogP contribution >= 0.6 is 0 Å². The van der Waals surface area contributed by atoms with E-state index in [0.29, 0.717) is 17.0 Å². The van der Waals surface area contributed by atoms with E-state index in [1.165, 1.54) is 0 Å². The van der Waals surface area contributed by atoms with Crippen molar-refractivity contribution in [2.75, 3.05) is 33.7 Å². The lowest BCUT2D eigenvalue weighted by molar-refractivity contribution is -0.0789. The van der Waals surface area contributed by atoms with E-state index in [-0.39, 0.29) is 17.9 Å². The summed E-state index contributed by atoms with van der Waals surface area (Å²) in [5, 5.41) is 9.25. The molecular formula is C18H27N3O2. The number of amides is 1. The van der Waals surface area contributed by atoms with Crippen LogP contribution in [0.3, 0.4) is 0 Å². The van der Waals surface area contributed by atoms with Gasteiger partial charge < -0.3 is 14.9 Å². The van der Waals surface area contributed by atoms with Crippen LogP contribution in [0, 0.1) is 16.7 Å². The Kier molecular flexibility index (Phi) is 3.97. The molecule has 5 heteroatoms. The molecule has 1 saturated heterocycles. The Labute approximate surface area is 138 Å². The topological polar surface area (TPSA) is 56.7 Å². The molecular weight excluding hydrogens is 290 g/mol. The van der Waals surface area contributed by atoms with Crippen molar-refractivity contribution in [1.82, 2.24) is 14.8 Å². The predicted octanol–water partition coefficient (Wildman–Crippen LogP) is 1.62. The maximum absolute atomic E-state index is 12.8. The second-order valence-corrected chi connectivity index (χ2v) is 8.21. The van der Waals surface area contributed by atoms with Crippen LogP contribution < -0.4 is 0 Å². The number of rotatable bonds is 4. The van der Waals surface area contributed by atoms with Crippen molar-refractivity contribution in [3.8, 4) is 0 Å². The lowest BCUT2D eigenvalue weighted by atomic mass is 9.48. The number of aliphatic hydroxyl groups excluding tert-OH is 1. The van der Waals surface area contributed by atoms with E-state index < -0.39 is 0 Å². The molecule has 0 unspecified atom stereocenters. The highest BCUT2D eigenvalue weighted by molar-refractivity contribution is 5.92. The number of aliphatic hydroxyl groups is 1. The summed E-state index contributed by atoms with van der Waals surface area (Å²) >= 11 is 0. The first kappa shape index (κ1) is 16.4. The summed E-state index contributed by atoms with van der Waals surface area (Å²) in [4.78, 5) is 21.3. The lowest BCUT2D eigenvalue weighted by Crippen LogP contribution is -2.57. The SMILES string of the molecule is CN(C)C[C@@]12CN(C(=O)c3cc(CO)ccn3)C[C@@H]1C(C)(C)C2. The molecule has 1 aromatic rings. The van der Waals surface area contributed by atoms with Crippen molar-refractivity contribution < 1.29 is 9.90 Å². The van der Waals surface area contributed by atoms with Gasteiger partial charge in [0.2, 0.25) is 0 Å². The van der Waals surface area contributed by atoms with Crippen molar-refractivity contribution in [3.63, 3.8) is 0 Å². The Bertz CT molecular complexity index is 610. The quantitative estimate of drug-likeness (QED) is 0.917. The van der Waals surface area contributed by atoms with Crippen LogP contribution in [0.4, 0.5) is 0 Å². The first-order valence-corrected chi connectivity index (χ1v) is 8.27. The van der Waals surface area contributed by atoms with Crippen molar-refractivity contribution >= 4 is 5.91 Å². The highest BCUT2D eigenvalue weighted by atomic mass is 16.3. The fourth-order valence-electron chi connectivity index (χ4n) is 4.98. The summed E-state index contributed by atoms with van der Waals surface area (Å²) in [6, 6.07) is 3.44. The molecule has 1 N–H and O–H groups in total. The molecule has 0 spiro atoms. The highest BCUT2D eigenvalue weighted by Gasteiger charge is 2.63. The maximum atomic E-state index is 12.8. The molecule has 3 rings (SSSR count). The summed E-state index contributed by atoms with van der Waals surface area (Å²) in [7, 11) is 4.21. The van der Waals surface area contributed by atoms with Gasteiger partial charge in [-0.05, 0) is 49.5 Å². The van der Waals surface area contributed by atoms with Crippen LogP contribution in [0.25, 0.3) is 0 Å². The summed E-state index contributed by atoms with van der Waals surface area (Å²) < 4.78 is 0. The van der Waals surface area contributed by atoms with Gasteiger partial charge in [0.25, 0.3) is 5.91 Å². The third-order valence-electron chi connectivity index (χ3n) is 5.54. The fraction of sp³-hybridized carbons (Fsp3) is 0.667. The number of carbonyl (C=O) groups excluding carboxylic acids is 1. The summed E-state index contributed by atoms with van der Waals surface area (Å²) in [6.45, 7) is 7.19. The van der Waals surface area contributed by atoms with Gasteiger partial charge in [-0.1, -0.05) is 13.8 Å². The standard InChI is InChI=1S/C18H27N3O2/c1-17(2)10-18(11-20(3)4)12-21(8-15(17)18)16(23)14-7-13(9-22)5-6-19-14/h5-7,15,22H,8-12H2,1-4H3/t15-,18+/m1/s1. The smallest absolute Gasteiger partial charge is 0.272 e. The van der Waals surface area contributed by atoms with Crippen molar-refractivity contribution in [2.45, 2.75) is 26.9 Å². The molecule has 2 fully saturated rings. The van der Waals surface area contributed by atoms with E-state index in [4.69, 9.17) is 0 Å². The van der Waals surface area contributed by atoms with Crippen LogP contribution in [0.15, 0.2) is 18.3 Å².